The molecule has 1 aromatic heterocycles. The molecular weight excluding hydrogens is 290 g/mol. The number of sulfonamides is 1. The van der Waals surface area contributed by atoms with Crippen molar-refractivity contribution in [2.45, 2.75) is 43.5 Å². The summed E-state index contributed by atoms with van der Waals surface area (Å²) in [5.74, 6) is 0. The summed E-state index contributed by atoms with van der Waals surface area (Å²) >= 11 is 0. The Morgan fingerprint density at radius 2 is 2.19 bits per heavy atom. The normalized spacial score (nSPS) is 20.5. The van der Waals surface area contributed by atoms with Gasteiger partial charge in [-0.2, -0.15) is 0 Å². The Balaban J connectivity index is 1.79. The zero-order valence-corrected chi connectivity index (χ0v) is 13.2. The lowest BCUT2D eigenvalue weighted by Crippen LogP contribution is -2.39. The molecule has 1 unspecified atom stereocenters. The second kappa shape index (κ2) is 7.20. The van der Waals surface area contributed by atoms with Crippen molar-refractivity contribution >= 4 is 10.0 Å². The van der Waals surface area contributed by atoms with E-state index < -0.39 is 10.0 Å². The smallest absolute Gasteiger partial charge is 0.247 e. The van der Waals surface area contributed by atoms with Crippen molar-refractivity contribution in [2.75, 3.05) is 19.6 Å². The molecule has 1 atom stereocenters. The lowest BCUT2D eigenvalue weighted by atomic mass is 10.0. The van der Waals surface area contributed by atoms with Crippen LogP contribution in [-0.4, -0.2) is 44.0 Å². The fourth-order valence-corrected chi connectivity index (χ4v) is 3.67. The highest BCUT2D eigenvalue weighted by atomic mass is 32.2. The van der Waals surface area contributed by atoms with Crippen molar-refractivity contribution in [2.24, 2.45) is 0 Å². The molecule has 2 rings (SSSR count). The molecule has 7 heteroatoms. The van der Waals surface area contributed by atoms with Crippen molar-refractivity contribution in [1.29, 1.82) is 0 Å². The maximum absolute atomic E-state index is 12.0. The number of aromatic nitrogens is 1. The third-order valence-electron chi connectivity index (χ3n) is 3.92. The Bertz CT molecular complexity index is 592. The van der Waals surface area contributed by atoms with Gasteiger partial charge in [0.05, 0.1) is 4.90 Å². The third kappa shape index (κ3) is 4.66. The van der Waals surface area contributed by atoms with Crippen LogP contribution in [0.5, 0.6) is 0 Å². The predicted octanol–water partition coefficient (Wildman–Crippen LogP) is 0.918. The predicted molar refractivity (Wildman–Crippen MR) is 81.8 cm³/mol. The van der Waals surface area contributed by atoms with Gasteiger partial charge in [0.25, 0.3) is 0 Å². The number of nitrogens with zero attached hydrogens (tertiary/aromatic N) is 1. The highest BCUT2D eigenvalue weighted by Gasteiger charge is 2.18. The van der Waals surface area contributed by atoms with E-state index in [-0.39, 0.29) is 10.5 Å². The molecule has 1 aromatic rings. The van der Waals surface area contributed by atoms with E-state index in [1.165, 1.54) is 37.6 Å². The van der Waals surface area contributed by atoms with Gasteiger partial charge >= 0.3 is 0 Å². The second-order valence-corrected chi connectivity index (χ2v) is 7.29. The van der Waals surface area contributed by atoms with Gasteiger partial charge in [-0.15, -0.1) is 0 Å². The minimum absolute atomic E-state index is 0.0911. The summed E-state index contributed by atoms with van der Waals surface area (Å²) in [7, 11) is -3.53. The van der Waals surface area contributed by atoms with Crippen LogP contribution in [-0.2, 0) is 10.0 Å². The van der Waals surface area contributed by atoms with E-state index in [1.54, 1.807) is 0 Å². The van der Waals surface area contributed by atoms with Crippen molar-refractivity contribution in [3.05, 3.63) is 28.7 Å². The Hall–Kier alpha value is -1.18. The highest BCUT2D eigenvalue weighted by Crippen LogP contribution is 2.16. The van der Waals surface area contributed by atoms with Crippen molar-refractivity contribution in [3.63, 3.8) is 0 Å². The molecule has 0 aromatic carbocycles. The van der Waals surface area contributed by atoms with E-state index >= 15 is 0 Å². The second-order valence-electron chi connectivity index (χ2n) is 5.52. The summed E-state index contributed by atoms with van der Waals surface area (Å²) in [6, 6.07) is 3.12. The Morgan fingerprint density at radius 1 is 1.38 bits per heavy atom. The molecule has 0 spiro atoms. The van der Waals surface area contributed by atoms with Gasteiger partial charge in [-0.25, -0.2) is 13.1 Å². The number of nitrogens with one attached hydrogen (secondary N) is 2. The third-order valence-corrected chi connectivity index (χ3v) is 5.38. The monoisotopic (exact) mass is 313 g/mol. The van der Waals surface area contributed by atoms with E-state index in [0.29, 0.717) is 12.6 Å². The first-order valence-corrected chi connectivity index (χ1v) is 8.90. The van der Waals surface area contributed by atoms with E-state index in [9.17, 15) is 13.2 Å². The van der Waals surface area contributed by atoms with Crippen LogP contribution in [0.25, 0.3) is 0 Å². The molecule has 1 aliphatic heterocycles. The molecule has 0 aliphatic carbocycles. The largest absolute Gasteiger partial charge is 0.328 e. The van der Waals surface area contributed by atoms with Crippen LogP contribution in [0, 0.1) is 0 Å². The van der Waals surface area contributed by atoms with E-state index in [0.717, 1.165) is 19.5 Å². The number of aromatic amines is 1. The molecular formula is C14H23N3O3S. The summed E-state index contributed by atoms with van der Waals surface area (Å²) in [6.45, 7) is 4.65. The van der Waals surface area contributed by atoms with Gasteiger partial charge in [-0.3, -0.25) is 4.79 Å². The number of H-pyrrole nitrogens is 1. The SMILES string of the molecule is CC1CCCCN1CCCNS(=O)(=O)c1ccc(=O)[nH]c1. The molecule has 21 heavy (non-hydrogen) atoms. The summed E-state index contributed by atoms with van der Waals surface area (Å²) < 4.78 is 26.6. The van der Waals surface area contributed by atoms with Crippen molar-refractivity contribution < 1.29 is 8.42 Å². The molecule has 0 radical (unpaired) electrons. The summed E-state index contributed by atoms with van der Waals surface area (Å²) in [5, 5.41) is 0. The maximum atomic E-state index is 12.0. The van der Waals surface area contributed by atoms with Gasteiger partial charge in [0.1, 0.15) is 0 Å². The number of likely N-dealkylation sites (tertiary alicyclic amines) is 1. The van der Waals surface area contributed by atoms with Gasteiger partial charge in [0.15, 0.2) is 0 Å². The standard InChI is InChI=1S/C14H23N3O3S/c1-12-5-2-3-9-17(12)10-4-8-16-21(19,20)13-6-7-14(18)15-11-13/h6-7,11-12,16H,2-5,8-10H2,1H3,(H,15,18). The van der Waals surface area contributed by atoms with Gasteiger partial charge in [0.2, 0.25) is 15.6 Å². The summed E-state index contributed by atoms with van der Waals surface area (Å²) in [4.78, 5) is 15.8. The molecule has 0 amide bonds. The fraction of sp³-hybridized carbons (Fsp3) is 0.643. The first-order chi connectivity index (χ1) is 9.99. The van der Waals surface area contributed by atoms with Crippen LogP contribution >= 0.6 is 0 Å². The van der Waals surface area contributed by atoms with Gasteiger partial charge < -0.3 is 9.88 Å². The number of hydrogen-bond acceptors (Lipinski definition) is 4. The Labute approximate surface area is 125 Å². The van der Waals surface area contributed by atoms with Crippen molar-refractivity contribution in [1.82, 2.24) is 14.6 Å². The quantitative estimate of drug-likeness (QED) is 0.765. The molecule has 1 aliphatic rings. The molecule has 1 fully saturated rings. The van der Waals surface area contributed by atoms with Gasteiger partial charge in [-0.1, -0.05) is 6.42 Å². The van der Waals surface area contributed by atoms with Crippen LogP contribution in [0.3, 0.4) is 0 Å². The molecule has 0 saturated carbocycles. The first kappa shape index (κ1) is 16.2. The van der Waals surface area contributed by atoms with Crippen molar-refractivity contribution in [3.8, 4) is 0 Å². The van der Waals surface area contributed by atoms with Crippen LogP contribution in [0.15, 0.2) is 28.0 Å². The Kier molecular flexibility index (Phi) is 5.55. The summed E-state index contributed by atoms with van der Waals surface area (Å²) in [5.41, 5.74) is -0.312. The van der Waals surface area contributed by atoms with Crippen LogP contribution in [0.4, 0.5) is 0 Å². The van der Waals surface area contributed by atoms with Crippen LogP contribution in [0.1, 0.15) is 32.6 Å². The molecule has 118 valence electrons. The van der Waals surface area contributed by atoms with Gasteiger partial charge in [-0.05, 0) is 45.3 Å². The lowest BCUT2D eigenvalue weighted by molar-refractivity contribution is 0.159. The first-order valence-electron chi connectivity index (χ1n) is 7.41. The van der Waals surface area contributed by atoms with Crippen LogP contribution < -0.4 is 10.3 Å². The van der Waals surface area contributed by atoms with Gasteiger partial charge in [0, 0.05) is 24.8 Å². The number of pyridine rings is 1. The molecule has 2 heterocycles. The highest BCUT2D eigenvalue weighted by molar-refractivity contribution is 7.89. The molecule has 6 nitrogen and oxygen atoms in total. The lowest BCUT2D eigenvalue weighted by Gasteiger charge is -2.33. The average molecular weight is 313 g/mol. The maximum Gasteiger partial charge on any atom is 0.247 e. The van der Waals surface area contributed by atoms with E-state index in [1.807, 2.05) is 0 Å². The number of piperidine rings is 1. The topological polar surface area (TPSA) is 82.3 Å². The Morgan fingerprint density at radius 3 is 2.86 bits per heavy atom. The summed E-state index contributed by atoms with van der Waals surface area (Å²) in [6.07, 6.45) is 5.75. The zero-order valence-electron chi connectivity index (χ0n) is 12.3. The van der Waals surface area contributed by atoms with E-state index in [4.69, 9.17) is 0 Å². The van der Waals surface area contributed by atoms with E-state index in [2.05, 4.69) is 21.5 Å². The minimum Gasteiger partial charge on any atom is -0.328 e. The zero-order chi connectivity index (χ0) is 15.3. The molecule has 0 bridgehead atoms. The molecule has 1 saturated heterocycles. The number of hydrogen-bond donors (Lipinski definition) is 2. The molecule has 2 N–H and O–H groups in total. The fourth-order valence-electron chi connectivity index (χ4n) is 2.63. The number of rotatable bonds is 6. The average Bonchev–Trinajstić information content (AvgIpc) is 2.46. The minimum atomic E-state index is -3.53. The van der Waals surface area contributed by atoms with Crippen LogP contribution in [0.2, 0.25) is 0 Å².